The van der Waals surface area contributed by atoms with Gasteiger partial charge in [-0.1, -0.05) is 90.8 Å². The van der Waals surface area contributed by atoms with E-state index in [9.17, 15) is 9.59 Å². The first kappa shape index (κ1) is 25.3. The molecule has 3 aromatic rings. The van der Waals surface area contributed by atoms with Crippen LogP contribution >= 0.6 is 11.6 Å². The lowest BCUT2D eigenvalue weighted by Gasteiger charge is -2.31. The summed E-state index contributed by atoms with van der Waals surface area (Å²) in [5.41, 5.74) is 3.05. The van der Waals surface area contributed by atoms with E-state index in [4.69, 9.17) is 16.3 Å². The Morgan fingerprint density at radius 2 is 1.62 bits per heavy atom. The third-order valence-electron chi connectivity index (χ3n) is 5.48. The van der Waals surface area contributed by atoms with E-state index in [1.807, 2.05) is 68.4 Å². The van der Waals surface area contributed by atoms with Crippen LogP contribution in [0.3, 0.4) is 0 Å². The predicted octanol–water partition coefficient (Wildman–Crippen LogP) is 5.19. The molecule has 34 heavy (non-hydrogen) atoms. The van der Waals surface area contributed by atoms with Crippen molar-refractivity contribution in [2.24, 2.45) is 0 Å². The lowest BCUT2D eigenvalue weighted by Crippen LogP contribution is -2.51. The van der Waals surface area contributed by atoms with Crippen molar-refractivity contribution in [1.29, 1.82) is 0 Å². The lowest BCUT2D eigenvalue weighted by atomic mass is 10.0. The minimum Gasteiger partial charge on any atom is -0.482 e. The maximum absolute atomic E-state index is 13.5. The van der Waals surface area contributed by atoms with Crippen molar-refractivity contribution >= 4 is 23.4 Å². The molecule has 3 rings (SSSR count). The van der Waals surface area contributed by atoms with Crippen molar-refractivity contribution in [3.63, 3.8) is 0 Å². The Morgan fingerprint density at radius 1 is 0.941 bits per heavy atom. The smallest absolute Gasteiger partial charge is 0.261 e. The zero-order chi connectivity index (χ0) is 24.3. The summed E-state index contributed by atoms with van der Waals surface area (Å²) in [4.78, 5) is 28.4. The van der Waals surface area contributed by atoms with Gasteiger partial charge in [-0.2, -0.15) is 0 Å². The Balaban J connectivity index is 1.89. The van der Waals surface area contributed by atoms with Crippen LogP contribution in [-0.4, -0.2) is 35.9 Å². The highest BCUT2D eigenvalue weighted by atomic mass is 35.5. The largest absolute Gasteiger partial charge is 0.482 e. The molecule has 5 nitrogen and oxygen atoms in total. The molecule has 0 unspecified atom stereocenters. The Hall–Kier alpha value is -3.31. The SMILES string of the molecule is CCCNC(=O)[C@@H](Cc1ccccc1)N(Cc1ccc(C)cc1)C(=O)COc1ccccc1Cl. The molecule has 0 spiro atoms. The van der Waals surface area contributed by atoms with Gasteiger partial charge < -0.3 is 15.0 Å². The van der Waals surface area contributed by atoms with Crippen LogP contribution in [0.25, 0.3) is 0 Å². The number of nitrogens with zero attached hydrogens (tertiary/aromatic N) is 1. The molecular weight excluding hydrogens is 448 g/mol. The van der Waals surface area contributed by atoms with Crippen LogP contribution in [-0.2, 0) is 22.6 Å². The molecule has 0 radical (unpaired) electrons. The van der Waals surface area contributed by atoms with Crippen molar-refractivity contribution in [1.82, 2.24) is 10.2 Å². The summed E-state index contributed by atoms with van der Waals surface area (Å²) in [6, 6.07) is 24.0. The molecule has 0 saturated heterocycles. The van der Waals surface area contributed by atoms with E-state index in [1.54, 1.807) is 29.2 Å². The summed E-state index contributed by atoms with van der Waals surface area (Å²) in [6.07, 6.45) is 1.21. The first-order valence-corrected chi connectivity index (χ1v) is 11.9. The summed E-state index contributed by atoms with van der Waals surface area (Å²) < 4.78 is 5.74. The lowest BCUT2D eigenvalue weighted by molar-refractivity contribution is -0.142. The molecule has 0 aliphatic heterocycles. The van der Waals surface area contributed by atoms with Crippen LogP contribution in [0.4, 0.5) is 0 Å². The Morgan fingerprint density at radius 3 is 2.29 bits per heavy atom. The van der Waals surface area contributed by atoms with Gasteiger partial charge >= 0.3 is 0 Å². The van der Waals surface area contributed by atoms with Crippen molar-refractivity contribution in [3.8, 4) is 5.75 Å². The molecule has 1 atom stereocenters. The molecule has 2 amide bonds. The van der Waals surface area contributed by atoms with Gasteiger partial charge in [0, 0.05) is 19.5 Å². The standard InChI is InChI=1S/C28H31ClN2O3/c1-3-17-30-28(33)25(18-22-9-5-4-6-10-22)31(19-23-15-13-21(2)14-16-23)27(32)20-34-26-12-8-7-11-24(26)29/h4-16,25H,3,17-20H2,1-2H3,(H,30,33)/t25-/m1/s1. The third kappa shape index (κ3) is 7.35. The summed E-state index contributed by atoms with van der Waals surface area (Å²) in [5.74, 6) is -0.0279. The number of amides is 2. The average molecular weight is 479 g/mol. The summed E-state index contributed by atoms with van der Waals surface area (Å²) >= 11 is 6.20. The minimum atomic E-state index is -0.683. The molecule has 1 N–H and O–H groups in total. The second kappa shape index (κ2) is 12.8. The normalized spacial score (nSPS) is 11.5. The highest BCUT2D eigenvalue weighted by Crippen LogP contribution is 2.23. The van der Waals surface area contributed by atoms with E-state index >= 15 is 0 Å². The van der Waals surface area contributed by atoms with Gasteiger partial charge in [-0.25, -0.2) is 0 Å². The van der Waals surface area contributed by atoms with E-state index < -0.39 is 6.04 Å². The van der Waals surface area contributed by atoms with E-state index in [0.29, 0.717) is 30.3 Å². The zero-order valence-corrected chi connectivity index (χ0v) is 20.4. The van der Waals surface area contributed by atoms with Gasteiger partial charge in [-0.05, 0) is 36.6 Å². The second-order valence-electron chi connectivity index (χ2n) is 8.22. The third-order valence-corrected chi connectivity index (χ3v) is 5.79. The van der Waals surface area contributed by atoms with Gasteiger partial charge in [-0.15, -0.1) is 0 Å². The number of hydrogen-bond acceptors (Lipinski definition) is 3. The number of benzene rings is 3. The molecule has 0 bridgehead atoms. The number of aryl methyl sites for hydroxylation is 1. The average Bonchev–Trinajstić information content (AvgIpc) is 2.85. The summed E-state index contributed by atoms with van der Waals surface area (Å²) in [6.45, 7) is 4.64. The molecule has 3 aromatic carbocycles. The van der Waals surface area contributed by atoms with Crippen LogP contribution in [0.5, 0.6) is 5.75 Å². The molecule has 0 aliphatic rings. The zero-order valence-electron chi connectivity index (χ0n) is 19.7. The molecule has 0 fully saturated rings. The fourth-order valence-corrected chi connectivity index (χ4v) is 3.78. The van der Waals surface area contributed by atoms with Crippen LogP contribution in [0.15, 0.2) is 78.9 Å². The highest BCUT2D eigenvalue weighted by molar-refractivity contribution is 6.32. The maximum Gasteiger partial charge on any atom is 0.261 e. The first-order valence-electron chi connectivity index (χ1n) is 11.5. The number of carbonyl (C=O) groups excluding carboxylic acids is 2. The topological polar surface area (TPSA) is 58.6 Å². The van der Waals surface area contributed by atoms with Crippen LogP contribution < -0.4 is 10.1 Å². The molecule has 0 aliphatic carbocycles. The highest BCUT2D eigenvalue weighted by Gasteiger charge is 2.30. The fraction of sp³-hybridized carbons (Fsp3) is 0.286. The Labute approximate surface area is 206 Å². The molecule has 0 saturated carbocycles. The Kier molecular flexibility index (Phi) is 9.53. The van der Waals surface area contributed by atoms with Gasteiger partial charge in [0.1, 0.15) is 11.8 Å². The summed E-state index contributed by atoms with van der Waals surface area (Å²) in [5, 5.41) is 3.40. The molecule has 178 valence electrons. The monoisotopic (exact) mass is 478 g/mol. The number of rotatable bonds is 11. The van der Waals surface area contributed by atoms with Gasteiger partial charge in [0.2, 0.25) is 5.91 Å². The number of para-hydroxylation sites is 1. The van der Waals surface area contributed by atoms with Crippen molar-refractivity contribution in [3.05, 3.63) is 101 Å². The van der Waals surface area contributed by atoms with E-state index in [0.717, 1.165) is 23.1 Å². The Bertz CT molecular complexity index is 1070. The second-order valence-corrected chi connectivity index (χ2v) is 8.63. The maximum atomic E-state index is 13.5. The molecular formula is C28H31ClN2O3. The molecule has 0 heterocycles. The van der Waals surface area contributed by atoms with Gasteiger partial charge in [-0.3, -0.25) is 9.59 Å². The quantitative estimate of drug-likeness (QED) is 0.412. The number of ether oxygens (including phenoxy) is 1. The van der Waals surface area contributed by atoms with Gasteiger partial charge in [0.25, 0.3) is 5.91 Å². The molecule has 6 heteroatoms. The van der Waals surface area contributed by atoms with E-state index in [2.05, 4.69) is 5.32 Å². The minimum absolute atomic E-state index is 0.177. The van der Waals surface area contributed by atoms with Crippen molar-refractivity contribution in [2.45, 2.75) is 39.3 Å². The van der Waals surface area contributed by atoms with Gasteiger partial charge in [0.15, 0.2) is 6.61 Å². The predicted molar refractivity (Wildman–Crippen MR) is 136 cm³/mol. The number of halogens is 1. The molecule has 0 aromatic heterocycles. The van der Waals surface area contributed by atoms with Crippen LogP contribution in [0, 0.1) is 6.92 Å². The van der Waals surface area contributed by atoms with E-state index in [1.165, 1.54) is 0 Å². The van der Waals surface area contributed by atoms with E-state index in [-0.39, 0.29) is 18.4 Å². The van der Waals surface area contributed by atoms with Gasteiger partial charge in [0.05, 0.1) is 5.02 Å². The first-order chi connectivity index (χ1) is 16.5. The van der Waals surface area contributed by atoms with Crippen molar-refractivity contribution < 1.29 is 14.3 Å². The fourth-order valence-electron chi connectivity index (χ4n) is 3.59. The summed E-state index contributed by atoms with van der Waals surface area (Å²) in [7, 11) is 0. The number of hydrogen-bond donors (Lipinski definition) is 1. The van der Waals surface area contributed by atoms with Crippen LogP contribution in [0.2, 0.25) is 5.02 Å². The van der Waals surface area contributed by atoms with Crippen LogP contribution in [0.1, 0.15) is 30.0 Å². The van der Waals surface area contributed by atoms with Crippen molar-refractivity contribution in [2.75, 3.05) is 13.2 Å². The number of nitrogens with one attached hydrogen (secondary N) is 1. The number of carbonyl (C=O) groups is 2.